The third-order valence-corrected chi connectivity index (χ3v) is 5.40. The van der Waals surface area contributed by atoms with Crippen molar-refractivity contribution in [1.82, 2.24) is 29.9 Å². The minimum Gasteiger partial charge on any atom is -0.368 e. The van der Waals surface area contributed by atoms with Crippen LogP contribution in [0.15, 0.2) is 54.7 Å². The van der Waals surface area contributed by atoms with Crippen LogP contribution in [0.3, 0.4) is 0 Å². The summed E-state index contributed by atoms with van der Waals surface area (Å²) in [5, 5.41) is 8.58. The van der Waals surface area contributed by atoms with Crippen molar-refractivity contribution in [1.29, 1.82) is 0 Å². The second-order valence-corrected chi connectivity index (χ2v) is 7.85. The molecule has 8 heteroatoms. The van der Waals surface area contributed by atoms with Crippen LogP contribution in [0.2, 0.25) is 0 Å². The van der Waals surface area contributed by atoms with Crippen LogP contribution in [0.5, 0.6) is 0 Å². The average molecular weight is 413 g/mol. The number of pyridine rings is 1. The first-order valence-electron chi connectivity index (χ1n) is 10.5. The molecule has 0 unspecified atom stereocenters. The normalized spacial score (nSPS) is 13.6. The molecular formula is C23H24N8. The van der Waals surface area contributed by atoms with Gasteiger partial charge in [-0.3, -0.25) is 0 Å². The van der Waals surface area contributed by atoms with E-state index in [-0.39, 0.29) is 5.95 Å². The van der Waals surface area contributed by atoms with Gasteiger partial charge in [-0.2, -0.15) is 0 Å². The van der Waals surface area contributed by atoms with E-state index in [9.17, 15) is 0 Å². The Morgan fingerprint density at radius 3 is 2.55 bits per heavy atom. The topological polar surface area (TPSA) is 98.6 Å². The molecule has 1 fully saturated rings. The predicted octanol–water partition coefficient (Wildman–Crippen LogP) is 3.34. The van der Waals surface area contributed by atoms with E-state index in [1.165, 1.54) is 12.8 Å². The highest BCUT2D eigenvalue weighted by Gasteiger charge is 2.14. The number of benzene rings is 1. The van der Waals surface area contributed by atoms with E-state index in [1.807, 2.05) is 49.5 Å². The number of nitrogens with zero attached hydrogens (tertiary/aromatic N) is 7. The van der Waals surface area contributed by atoms with E-state index in [4.69, 9.17) is 10.7 Å². The third kappa shape index (κ3) is 4.23. The van der Waals surface area contributed by atoms with Gasteiger partial charge >= 0.3 is 0 Å². The zero-order valence-electron chi connectivity index (χ0n) is 17.4. The monoisotopic (exact) mass is 412 g/mol. The standard InChI is InChI=1S/C23H24N8/c1-16-6-4-7-17(12-16)19-13-20(27-23(24)26-19)21-15-31(29-28-21)14-18-8-5-9-22(25-18)30-10-2-3-11-30/h4-9,12-13,15H,2-3,10-11,14H2,1H3,(H2,24,26,27). The summed E-state index contributed by atoms with van der Waals surface area (Å²) < 4.78 is 1.77. The molecule has 8 nitrogen and oxygen atoms in total. The molecule has 0 aliphatic carbocycles. The SMILES string of the molecule is Cc1cccc(-c2cc(-c3cn(Cc4cccc(N5CCCC5)n4)nn3)nc(N)n2)c1. The van der Waals surface area contributed by atoms with Gasteiger partial charge in [-0.15, -0.1) is 5.10 Å². The molecule has 4 heterocycles. The molecule has 3 aromatic heterocycles. The first kappa shape index (κ1) is 19.2. The molecule has 0 radical (unpaired) electrons. The molecule has 1 aliphatic rings. The Kier molecular flexibility index (Phi) is 5.03. The fraction of sp³-hybridized carbons (Fsp3) is 0.261. The van der Waals surface area contributed by atoms with Crippen molar-refractivity contribution in [2.45, 2.75) is 26.3 Å². The van der Waals surface area contributed by atoms with Crippen molar-refractivity contribution in [3.05, 3.63) is 66.0 Å². The van der Waals surface area contributed by atoms with Crippen LogP contribution in [-0.2, 0) is 6.54 Å². The minimum absolute atomic E-state index is 0.212. The maximum absolute atomic E-state index is 5.99. The summed E-state index contributed by atoms with van der Waals surface area (Å²) in [6, 6.07) is 16.2. The molecule has 4 aromatic rings. The lowest BCUT2D eigenvalue weighted by Gasteiger charge is -2.16. The van der Waals surface area contributed by atoms with Crippen LogP contribution in [0.25, 0.3) is 22.6 Å². The van der Waals surface area contributed by atoms with Crippen LogP contribution < -0.4 is 10.6 Å². The molecule has 5 rings (SSSR count). The number of nitrogen functional groups attached to an aromatic ring is 1. The van der Waals surface area contributed by atoms with Crippen molar-refractivity contribution in [3.8, 4) is 22.6 Å². The number of nitrogens with two attached hydrogens (primary N) is 1. The van der Waals surface area contributed by atoms with Crippen LogP contribution >= 0.6 is 0 Å². The maximum Gasteiger partial charge on any atom is 0.221 e. The lowest BCUT2D eigenvalue weighted by Crippen LogP contribution is -2.19. The average Bonchev–Trinajstić information content (AvgIpc) is 3.46. The van der Waals surface area contributed by atoms with E-state index in [0.717, 1.165) is 41.4 Å². The number of hydrogen-bond donors (Lipinski definition) is 1. The van der Waals surface area contributed by atoms with Crippen LogP contribution in [0, 0.1) is 6.92 Å². The molecule has 0 atom stereocenters. The molecule has 0 spiro atoms. The Morgan fingerprint density at radius 2 is 1.71 bits per heavy atom. The summed E-state index contributed by atoms with van der Waals surface area (Å²) in [5.74, 6) is 1.24. The van der Waals surface area contributed by atoms with Gasteiger partial charge in [0.15, 0.2) is 0 Å². The van der Waals surface area contributed by atoms with Gasteiger partial charge in [-0.25, -0.2) is 19.6 Å². The van der Waals surface area contributed by atoms with E-state index in [1.54, 1.807) is 4.68 Å². The number of aromatic nitrogens is 6. The highest BCUT2D eigenvalue weighted by molar-refractivity contribution is 5.67. The predicted molar refractivity (Wildman–Crippen MR) is 120 cm³/mol. The van der Waals surface area contributed by atoms with Gasteiger partial charge in [-0.05, 0) is 44.0 Å². The number of rotatable bonds is 5. The molecule has 0 saturated carbocycles. The molecule has 2 N–H and O–H groups in total. The van der Waals surface area contributed by atoms with Crippen molar-refractivity contribution >= 4 is 11.8 Å². The van der Waals surface area contributed by atoms with Gasteiger partial charge in [0.1, 0.15) is 11.5 Å². The van der Waals surface area contributed by atoms with Gasteiger partial charge in [0.05, 0.1) is 29.8 Å². The second kappa shape index (κ2) is 8.14. The fourth-order valence-electron chi connectivity index (χ4n) is 3.89. The van der Waals surface area contributed by atoms with Crippen LogP contribution in [0.4, 0.5) is 11.8 Å². The van der Waals surface area contributed by atoms with Crippen LogP contribution in [-0.4, -0.2) is 43.0 Å². The van der Waals surface area contributed by atoms with Gasteiger partial charge < -0.3 is 10.6 Å². The van der Waals surface area contributed by atoms with E-state index >= 15 is 0 Å². The van der Waals surface area contributed by atoms with Gasteiger partial charge in [-0.1, -0.05) is 35.0 Å². The van der Waals surface area contributed by atoms with Crippen molar-refractivity contribution in [2.75, 3.05) is 23.7 Å². The first-order valence-corrected chi connectivity index (χ1v) is 10.5. The first-order chi connectivity index (χ1) is 15.1. The molecule has 156 valence electrons. The highest BCUT2D eigenvalue weighted by Crippen LogP contribution is 2.24. The van der Waals surface area contributed by atoms with Crippen molar-refractivity contribution in [3.63, 3.8) is 0 Å². The van der Waals surface area contributed by atoms with E-state index < -0.39 is 0 Å². The molecule has 1 aliphatic heterocycles. The van der Waals surface area contributed by atoms with Gasteiger partial charge in [0.25, 0.3) is 0 Å². The Bertz CT molecular complexity index is 1210. The quantitative estimate of drug-likeness (QED) is 0.537. The summed E-state index contributed by atoms with van der Waals surface area (Å²) in [7, 11) is 0. The minimum atomic E-state index is 0.212. The Morgan fingerprint density at radius 1 is 0.903 bits per heavy atom. The van der Waals surface area contributed by atoms with Crippen molar-refractivity contribution in [2.24, 2.45) is 0 Å². The van der Waals surface area contributed by atoms with Crippen LogP contribution in [0.1, 0.15) is 24.1 Å². The summed E-state index contributed by atoms with van der Waals surface area (Å²) in [4.78, 5) is 15.9. The van der Waals surface area contributed by atoms with E-state index in [2.05, 4.69) is 37.3 Å². The summed E-state index contributed by atoms with van der Waals surface area (Å²) in [6.45, 7) is 4.73. The lowest BCUT2D eigenvalue weighted by molar-refractivity contribution is 0.638. The summed E-state index contributed by atoms with van der Waals surface area (Å²) in [6.07, 6.45) is 4.32. The zero-order valence-corrected chi connectivity index (χ0v) is 17.4. The highest BCUT2D eigenvalue weighted by atomic mass is 15.4. The number of aryl methyl sites for hydroxylation is 1. The molecule has 31 heavy (non-hydrogen) atoms. The van der Waals surface area contributed by atoms with Gasteiger partial charge in [0, 0.05) is 18.7 Å². The Labute approximate surface area is 180 Å². The Hall–Kier alpha value is -3.81. The van der Waals surface area contributed by atoms with Gasteiger partial charge in [0.2, 0.25) is 5.95 Å². The third-order valence-electron chi connectivity index (χ3n) is 5.40. The number of hydrogen-bond acceptors (Lipinski definition) is 7. The fourth-order valence-corrected chi connectivity index (χ4v) is 3.89. The summed E-state index contributed by atoms with van der Waals surface area (Å²) >= 11 is 0. The zero-order chi connectivity index (χ0) is 21.2. The smallest absolute Gasteiger partial charge is 0.221 e. The molecule has 0 amide bonds. The largest absolute Gasteiger partial charge is 0.368 e. The maximum atomic E-state index is 5.99. The molecule has 1 saturated heterocycles. The molecule has 0 bridgehead atoms. The van der Waals surface area contributed by atoms with E-state index in [0.29, 0.717) is 17.9 Å². The summed E-state index contributed by atoms with van der Waals surface area (Å²) in [5.41, 5.74) is 11.1. The number of anilines is 2. The second-order valence-electron chi connectivity index (χ2n) is 7.85. The molecular weight excluding hydrogens is 388 g/mol. The lowest BCUT2D eigenvalue weighted by atomic mass is 10.1. The Balaban J connectivity index is 1.39. The molecule has 1 aromatic carbocycles. The van der Waals surface area contributed by atoms with Crippen molar-refractivity contribution < 1.29 is 0 Å².